The van der Waals surface area contributed by atoms with Gasteiger partial charge in [-0.2, -0.15) is 0 Å². The molecule has 0 fully saturated rings. The fourth-order valence-corrected chi connectivity index (χ4v) is 2.54. The van der Waals surface area contributed by atoms with Crippen LogP contribution in [-0.2, 0) is 9.73 Å². The molecular weight excluding hydrogens is 228 g/mol. The molecule has 0 saturated heterocycles. The lowest BCUT2D eigenvalue weighted by molar-refractivity contribution is 0.675. The van der Waals surface area contributed by atoms with E-state index in [0.29, 0.717) is 9.50 Å². The maximum atomic E-state index is 11.2. The van der Waals surface area contributed by atoms with Crippen LogP contribution in [0.25, 0.3) is 0 Å². The summed E-state index contributed by atoms with van der Waals surface area (Å²) in [6.07, 6.45) is 2.87. The summed E-state index contributed by atoms with van der Waals surface area (Å²) in [5.41, 5.74) is 0. The Hall–Kier alpha value is -0.420. The van der Waals surface area contributed by atoms with Crippen LogP contribution in [0.2, 0.25) is 0 Å². The van der Waals surface area contributed by atoms with Crippen LogP contribution in [0.15, 0.2) is 27.8 Å². The van der Waals surface area contributed by atoms with Crippen LogP contribution in [0.1, 0.15) is 0 Å². The van der Waals surface area contributed by atoms with Crippen LogP contribution in [0.3, 0.4) is 0 Å². The number of hydrogen-bond donors (Lipinski definition) is 1. The van der Waals surface area contributed by atoms with Gasteiger partial charge in [-0.1, -0.05) is 0 Å². The highest BCUT2D eigenvalue weighted by molar-refractivity contribution is 9.10. The maximum Gasteiger partial charge on any atom is 0.149 e. The largest absolute Gasteiger partial charge is 0.248 e. The highest BCUT2D eigenvalue weighted by Gasteiger charge is 2.07. The number of aromatic nitrogens is 1. The molecule has 0 bridgehead atoms. The molecule has 1 aromatic rings. The fraction of sp³-hybridized carbons (Fsp3) is 0.167. The summed E-state index contributed by atoms with van der Waals surface area (Å²) in [6, 6.07) is 3.44. The summed E-state index contributed by atoms with van der Waals surface area (Å²) in [5, 5.41) is 0.306. The van der Waals surface area contributed by atoms with Crippen molar-refractivity contribution in [3.8, 4) is 0 Å². The van der Waals surface area contributed by atoms with Crippen LogP contribution >= 0.6 is 15.9 Å². The highest BCUT2D eigenvalue weighted by atomic mass is 79.9. The molecule has 0 amide bonds. The first kappa shape index (κ1) is 8.67. The van der Waals surface area contributed by atoms with Crippen molar-refractivity contribution >= 4 is 25.7 Å². The summed E-state index contributed by atoms with van der Waals surface area (Å²) in [4.78, 5) is 3.84. The molecule has 5 heteroatoms. The maximum absolute atomic E-state index is 11.2. The van der Waals surface area contributed by atoms with Gasteiger partial charge in [0.15, 0.2) is 0 Å². The van der Waals surface area contributed by atoms with Crippen molar-refractivity contribution in [2.24, 2.45) is 0 Å². The lowest BCUT2D eigenvalue weighted by Gasteiger charge is -2.00. The predicted octanol–water partition coefficient (Wildman–Crippen LogP) is 1.88. The predicted molar refractivity (Wildman–Crippen MR) is 47.0 cm³/mol. The Labute approximate surface area is 74.0 Å². The molecule has 0 aromatic carbocycles. The fourth-order valence-electron chi connectivity index (χ4n) is 0.658. The van der Waals surface area contributed by atoms with E-state index in [1.54, 1.807) is 12.1 Å². The number of halogens is 1. The van der Waals surface area contributed by atoms with Crippen molar-refractivity contribution < 1.29 is 4.21 Å². The first-order valence-electron chi connectivity index (χ1n) is 2.86. The van der Waals surface area contributed by atoms with E-state index in [0.717, 1.165) is 0 Å². The van der Waals surface area contributed by atoms with Crippen LogP contribution in [0.4, 0.5) is 0 Å². The van der Waals surface area contributed by atoms with E-state index in [2.05, 4.69) is 20.9 Å². The standard InChI is InChI=1S/C6H7BrN2OS/c1-11(8,10)6-5(7)3-2-4-9-6/h2-4,8H,1H3. The molecule has 0 spiro atoms. The molecular formula is C6H7BrN2OS. The van der Waals surface area contributed by atoms with Gasteiger partial charge >= 0.3 is 0 Å². The molecule has 1 atom stereocenters. The summed E-state index contributed by atoms with van der Waals surface area (Å²) < 4.78 is 19.1. The number of nitrogens with zero attached hydrogens (tertiary/aromatic N) is 1. The third-order valence-corrected chi connectivity index (χ3v) is 3.06. The molecule has 0 aliphatic rings. The Balaban J connectivity index is 3.37. The first-order chi connectivity index (χ1) is 5.02. The molecule has 1 rings (SSSR count). The van der Waals surface area contributed by atoms with E-state index >= 15 is 0 Å². The SMILES string of the molecule is CS(=N)(=O)c1ncccc1Br. The number of rotatable bonds is 1. The van der Waals surface area contributed by atoms with Gasteiger partial charge in [0.05, 0.1) is 14.2 Å². The van der Waals surface area contributed by atoms with Gasteiger partial charge in [0.25, 0.3) is 0 Å². The zero-order chi connectivity index (χ0) is 8.48. The quantitative estimate of drug-likeness (QED) is 0.807. The van der Waals surface area contributed by atoms with Gasteiger partial charge in [-0.25, -0.2) is 14.0 Å². The minimum absolute atomic E-state index is 0.306. The molecule has 1 aromatic heterocycles. The van der Waals surface area contributed by atoms with Crippen LogP contribution < -0.4 is 0 Å². The Bertz CT molecular complexity index is 361. The number of pyridine rings is 1. The third kappa shape index (κ3) is 2.00. The summed E-state index contributed by atoms with van der Waals surface area (Å²) in [5.74, 6) is 0. The molecule has 60 valence electrons. The molecule has 1 N–H and O–H groups in total. The topological polar surface area (TPSA) is 53.8 Å². The van der Waals surface area contributed by atoms with Crippen molar-refractivity contribution in [3.05, 3.63) is 22.8 Å². The molecule has 0 radical (unpaired) electrons. The average molecular weight is 235 g/mol. The van der Waals surface area contributed by atoms with Gasteiger partial charge < -0.3 is 0 Å². The normalized spacial score (nSPS) is 15.8. The van der Waals surface area contributed by atoms with E-state index in [9.17, 15) is 4.21 Å². The molecule has 0 aliphatic heterocycles. The van der Waals surface area contributed by atoms with E-state index in [-0.39, 0.29) is 0 Å². The molecule has 3 nitrogen and oxygen atoms in total. The molecule has 1 heterocycles. The zero-order valence-electron chi connectivity index (χ0n) is 5.87. The highest BCUT2D eigenvalue weighted by Crippen LogP contribution is 2.18. The van der Waals surface area contributed by atoms with Crippen LogP contribution in [-0.4, -0.2) is 15.4 Å². The van der Waals surface area contributed by atoms with E-state index < -0.39 is 9.73 Å². The van der Waals surface area contributed by atoms with Gasteiger partial charge in [-0.3, -0.25) is 0 Å². The van der Waals surface area contributed by atoms with E-state index in [1.807, 2.05) is 0 Å². The lowest BCUT2D eigenvalue weighted by atomic mass is 10.5. The van der Waals surface area contributed by atoms with Gasteiger partial charge in [-0.05, 0) is 28.1 Å². The Morgan fingerprint density at radius 2 is 2.36 bits per heavy atom. The minimum Gasteiger partial charge on any atom is -0.248 e. The van der Waals surface area contributed by atoms with Crippen molar-refractivity contribution in [3.63, 3.8) is 0 Å². The Morgan fingerprint density at radius 3 is 2.73 bits per heavy atom. The van der Waals surface area contributed by atoms with Crippen molar-refractivity contribution in [2.75, 3.05) is 6.26 Å². The van der Waals surface area contributed by atoms with Crippen LogP contribution in [0, 0.1) is 4.78 Å². The molecule has 0 saturated carbocycles. The summed E-state index contributed by atoms with van der Waals surface area (Å²) >= 11 is 3.17. The molecule has 11 heavy (non-hydrogen) atoms. The second-order valence-corrected chi connectivity index (χ2v) is 5.06. The Morgan fingerprint density at radius 1 is 1.73 bits per heavy atom. The van der Waals surface area contributed by atoms with Gasteiger partial charge in [0, 0.05) is 12.5 Å². The molecule has 0 aliphatic carbocycles. The lowest BCUT2D eigenvalue weighted by Crippen LogP contribution is -1.98. The third-order valence-electron chi connectivity index (χ3n) is 1.09. The number of hydrogen-bond acceptors (Lipinski definition) is 3. The zero-order valence-corrected chi connectivity index (χ0v) is 8.28. The van der Waals surface area contributed by atoms with Crippen molar-refractivity contribution in [2.45, 2.75) is 5.03 Å². The number of nitrogens with one attached hydrogen (secondary N) is 1. The Kier molecular flexibility index (Phi) is 2.29. The van der Waals surface area contributed by atoms with Crippen molar-refractivity contribution in [1.82, 2.24) is 4.98 Å². The molecule has 1 unspecified atom stereocenters. The second kappa shape index (κ2) is 2.91. The minimum atomic E-state index is -2.69. The van der Waals surface area contributed by atoms with E-state index in [1.165, 1.54) is 12.5 Å². The summed E-state index contributed by atoms with van der Waals surface area (Å²) in [6.45, 7) is 0. The summed E-state index contributed by atoms with van der Waals surface area (Å²) in [7, 11) is -2.69. The average Bonchev–Trinajstić information content (AvgIpc) is 1.86. The van der Waals surface area contributed by atoms with Crippen molar-refractivity contribution in [1.29, 1.82) is 4.78 Å². The van der Waals surface area contributed by atoms with E-state index in [4.69, 9.17) is 4.78 Å². The van der Waals surface area contributed by atoms with Crippen LogP contribution in [0.5, 0.6) is 0 Å². The van der Waals surface area contributed by atoms with Gasteiger partial charge in [0.2, 0.25) is 0 Å². The first-order valence-corrected chi connectivity index (χ1v) is 5.62. The van der Waals surface area contributed by atoms with Gasteiger partial charge in [0.1, 0.15) is 5.03 Å². The monoisotopic (exact) mass is 234 g/mol. The smallest absolute Gasteiger partial charge is 0.149 e. The second-order valence-electron chi connectivity index (χ2n) is 2.13. The van der Waals surface area contributed by atoms with Gasteiger partial charge in [-0.15, -0.1) is 0 Å².